The van der Waals surface area contributed by atoms with Crippen molar-refractivity contribution in [3.63, 3.8) is 0 Å². The van der Waals surface area contributed by atoms with E-state index < -0.39 is 0 Å². The Morgan fingerprint density at radius 1 is 0.952 bits per heavy atom. The van der Waals surface area contributed by atoms with Crippen molar-refractivity contribution in [2.75, 3.05) is 54.2 Å². The Morgan fingerprint density at radius 3 is 2.29 bits per heavy atom. The highest BCUT2D eigenvalue weighted by Gasteiger charge is 2.10. The SMILES string of the molecule is COCCNCCOCCc1cc(OC)c(OC)cc1F. The predicted molar refractivity (Wildman–Crippen MR) is 78.8 cm³/mol. The molecule has 1 rings (SSSR count). The molecule has 1 N–H and O–H groups in total. The van der Waals surface area contributed by atoms with E-state index in [0.29, 0.717) is 43.3 Å². The Morgan fingerprint density at radius 2 is 1.62 bits per heavy atom. The van der Waals surface area contributed by atoms with Gasteiger partial charge >= 0.3 is 0 Å². The van der Waals surface area contributed by atoms with Crippen molar-refractivity contribution < 1.29 is 23.3 Å². The molecule has 1 aromatic carbocycles. The zero-order valence-corrected chi connectivity index (χ0v) is 12.9. The van der Waals surface area contributed by atoms with Crippen LogP contribution in [0.25, 0.3) is 0 Å². The summed E-state index contributed by atoms with van der Waals surface area (Å²) in [5.41, 5.74) is 0.556. The quantitative estimate of drug-likeness (QED) is 0.630. The fraction of sp³-hybridized carbons (Fsp3) is 0.600. The topological polar surface area (TPSA) is 49.0 Å². The monoisotopic (exact) mass is 301 g/mol. The normalized spacial score (nSPS) is 10.7. The minimum atomic E-state index is -0.311. The van der Waals surface area contributed by atoms with Crippen molar-refractivity contribution in [2.24, 2.45) is 0 Å². The lowest BCUT2D eigenvalue weighted by molar-refractivity contribution is 0.134. The molecular formula is C15H24FNO4. The first kappa shape index (κ1) is 17.7. The van der Waals surface area contributed by atoms with Gasteiger partial charge in [-0.15, -0.1) is 0 Å². The van der Waals surface area contributed by atoms with Crippen LogP contribution in [0.5, 0.6) is 11.5 Å². The van der Waals surface area contributed by atoms with Crippen LogP contribution < -0.4 is 14.8 Å². The molecule has 0 aliphatic rings. The van der Waals surface area contributed by atoms with Crippen LogP contribution in [0.15, 0.2) is 12.1 Å². The molecule has 0 saturated carbocycles. The first-order chi connectivity index (χ1) is 10.2. The number of halogens is 1. The molecule has 1 aromatic rings. The summed E-state index contributed by atoms with van der Waals surface area (Å²) in [7, 11) is 4.67. The molecule has 0 spiro atoms. The molecule has 0 aliphatic heterocycles. The number of methoxy groups -OCH3 is 3. The van der Waals surface area contributed by atoms with Crippen molar-refractivity contribution in [1.29, 1.82) is 0 Å². The van der Waals surface area contributed by atoms with Gasteiger partial charge in [0.15, 0.2) is 11.5 Å². The van der Waals surface area contributed by atoms with Gasteiger partial charge in [-0.2, -0.15) is 0 Å². The van der Waals surface area contributed by atoms with Crippen LogP contribution in [0, 0.1) is 5.82 Å². The number of rotatable bonds is 11. The van der Waals surface area contributed by atoms with Crippen LogP contribution in [0.3, 0.4) is 0 Å². The molecule has 0 amide bonds. The summed E-state index contributed by atoms with van der Waals surface area (Å²) in [6.07, 6.45) is 0.490. The van der Waals surface area contributed by atoms with E-state index in [9.17, 15) is 4.39 Å². The van der Waals surface area contributed by atoms with Gasteiger partial charge in [-0.1, -0.05) is 0 Å². The number of benzene rings is 1. The first-order valence-corrected chi connectivity index (χ1v) is 6.90. The van der Waals surface area contributed by atoms with E-state index in [1.54, 1.807) is 13.2 Å². The van der Waals surface area contributed by atoms with Gasteiger partial charge in [-0.3, -0.25) is 0 Å². The summed E-state index contributed by atoms with van der Waals surface area (Å²) < 4.78 is 34.4. The van der Waals surface area contributed by atoms with E-state index in [1.165, 1.54) is 20.3 Å². The van der Waals surface area contributed by atoms with E-state index in [2.05, 4.69) is 5.32 Å². The molecule has 0 aliphatic carbocycles. The smallest absolute Gasteiger partial charge is 0.163 e. The standard InChI is InChI=1S/C15H24FNO4/c1-18-8-5-17-6-9-21-7-4-12-10-14(19-2)15(20-3)11-13(12)16/h10-11,17H,4-9H2,1-3H3. The second-order valence-corrected chi connectivity index (χ2v) is 4.40. The zero-order valence-electron chi connectivity index (χ0n) is 12.9. The molecular weight excluding hydrogens is 277 g/mol. The number of nitrogens with one attached hydrogen (secondary N) is 1. The third-order valence-corrected chi connectivity index (χ3v) is 2.97. The van der Waals surface area contributed by atoms with E-state index in [0.717, 1.165) is 13.1 Å². The van der Waals surface area contributed by atoms with Gasteiger partial charge in [0.2, 0.25) is 0 Å². The molecule has 0 bridgehead atoms. The minimum absolute atomic E-state index is 0.311. The molecule has 0 fully saturated rings. The fourth-order valence-corrected chi connectivity index (χ4v) is 1.82. The van der Waals surface area contributed by atoms with Gasteiger partial charge in [-0.05, 0) is 18.1 Å². The minimum Gasteiger partial charge on any atom is -0.493 e. The molecule has 0 unspecified atom stereocenters. The highest BCUT2D eigenvalue weighted by molar-refractivity contribution is 5.43. The van der Waals surface area contributed by atoms with Gasteiger partial charge in [0, 0.05) is 26.3 Å². The second kappa shape index (κ2) is 10.4. The summed E-state index contributed by atoms with van der Waals surface area (Å²) in [4.78, 5) is 0. The molecule has 120 valence electrons. The molecule has 6 heteroatoms. The molecule has 0 saturated heterocycles. The van der Waals surface area contributed by atoms with Crippen LogP contribution in [0.4, 0.5) is 4.39 Å². The van der Waals surface area contributed by atoms with E-state index >= 15 is 0 Å². The maximum atomic E-state index is 13.9. The van der Waals surface area contributed by atoms with E-state index in [1.807, 2.05) is 0 Å². The Kier molecular flexibility index (Phi) is 8.73. The highest BCUT2D eigenvalue weighted by atomic mass is 19.1. The molecule has 0 radical (unpaired) electrons. The van der Waals surface area contributed by atoms with Crippen molar-refractivity contribution in [1.82, 2.24) is 5.32 Å². The Hall–Kier alpha value is -1.37. The van der Waals surface area contributed by atoms with E-state index in [-0.39, 0.29) is 5.82 Å². The third-order valence-electron chi connectivity index (χ3n) is 2.97. The van der Waals surface area contributed by atoms with Crippen molar-refractivity contribution in [2.45, 2.75) is 6.42 Å². The molecule has 21 heavy (non-hydrogen) atoms. The predicted octanol–water partition coefficient (Wildman–Crippen LogP) is 1.64. The van der Waals surface area contributed by atoms with Crippen LogP contribution in [0.2, 0.25) is 0 Å². The lowest BCUT2D eigenvalue weighted by Crippen LogP contribution is -2.23. The lowest BCUT2D eigenvalue weighted by atomic mass is 10.1. The number of hydrogen-bond donors (Lipinski definition) is 1. The molecule has 0 aromatic heterocycles. The number of ether oxygens (including phenoxy) is 4. The van der Waals surface area contributed by atoms with Crippen molar-refractivity contribution in [3.05, 3.63) is 23.5 Å². The van der Waals surface area contributed by atoms with Crippen molar-refractivity contribution >= 4 is 0 Å². The Labute approximate surface area is 125 Å². The first-order valence-electron chi connectivity index (χ1n) is 6.90. The summed E-state index contributed by atoms with van der Waals surface area (Å²) in [5, 5.41) is 3.17. The largest absolute Gasteiger partial charge is 0.493 e. The van der Waals surface area contributed by atoms with Crippen LogP contribution in [-0.2, 0) is 15.9 Å². The van der Waals surface area contributed by atoms with Gasteiger partial charge in [0.25, 0.3) is 0 Å². The second-order valence-electron chi connectivity index (χ2n) is 4.40. The summed E-state index contributed by atoms with van der Waals surface area (Å²) in [6, 6.07) is 2.98. The fourth-order valence-electron chi connectivity index (χ4n) is 1.82. The summed E-state index contributed by atoms with van der Waals surface area (Å²) >= 11 is 0. The summed E-state index contributed by atoms with van der Waals surface area (Å²) in [5.74, 6) is 0.603. The van der Waals surface area contributed by atoms with Gasteiger partial charge in [-0.25, -0.2) is 4.39 Å². The molecule has 5 nitrogen and oxygen atoms in total. The maximum absolute atomic E-state index is 13.9. The summed E-state index contributed by atoms with van der Waals surface area (Å²) in [6.45, 7) is 3.26. The molecule has 0 atom stereocenters. The van der Waals surface area contributed by atoms with Gasteiger partial charge in [0.05, 0.1) is 34.0 Å². The van der Waals surface area contributed by atoms with Crippen molar-refractivity contribution in [3.8, 4) is 11.5 Å². The van der Waals surface area contributed by atoms with Crippen LogP contribution in [-0.4, -0.2) is 54.2 Å². The highest BCUT2D eigenvalue weighted by Crippen LogP contribution is 2.29. The lowest BCUT2D eigenvalue weighted by Gasteiger charge is -2.11. The Bertz CT molecular complexity index is 415. The van der Waals surface area contributed by atoms with Crippen LogP contribution >= 0.6 is 0 Å². The Balaban J connectivity index is 2.32. The van der Waals surface area contributed by atoms with Gasteiger partial charge < -0.3 is 24.3 Å². The zero-order chi connectivity index (χ0) is 15.5. The molecule has 0 heterocycles. The maximum Gasteiger partial charge on any atom is 0.163 e. The average molecular weight is 301 g/mol. The van der Waals surface area contributed by atoms with E-state index in [4.69, 9.17) is 18.9 Å². The van der Waals surface area contributed by atoms with Gasteiger partial charge in [0.1, 0.15) is 5.82 Å². The third kappa shape index (κ3) is 6.29. The van der Waals surface area contributed by atoms with Crippen LogP contribution in [0.1, 0.15) is 5.56 Å². The number of hydrogen-bond acceptors (Lipinski definition) is 5. The average Bonchev–Trinajstić information content (AvgIpc) is 2.50.